The summed E-state index contributed by atoms with van der Waals surface area (Å²) in [6.07, 6.45) is 4.58. The molecule has 1 aromatic carbocycles. The summed E-state index contributed by atoms with van der Waals surface area (Å²) in [6.45, 7) is 0.998. The number of aromatic hydroxyl groups is 1. The van der Waals surface area contributed by atoms with E-state index in [1.165, 1.54) is 19.3 Å². The van der Waals surface area contributed by atoms with Gasteiger partial charge in [0.15, 0.2) is 0 Å². The number of hydrogen-bond acceptors (Lipinski definition) is 1. The van der Waals surface area contributed by atoms with Crippen LogP contribution in [-0.2, 0) is 6.42 Å². The van der Waals surface area contributed by atoms with E-state index in [1.807, 2.05) is 18.2 Å². The van der Waals surface area contributed by atoms with Gasteiger partial charge < -0.3 is 5.11 Å². The van der Waals surface area contributed by atoms with Gasteiger partial charge in [-0.2, -0.15) is 0 Å². The third-order valence-corrected chi connectivity index (χ3v) is 2.78. The largest absolute Gasteiger partial charge is 0.508 e. The van der Waals surface area contributed by atoms with Gasteiger partial charge in [0.2, 0.25) is 0 Å². The van der Waals surface area contributed by atoms with Crippen molar-refractivity contribution in [2.45, 2.75) is 31.7 Å². The molecule has 1 heterocycles. The Balaban J connectivity index is 1.99. The van der Waals surface area contributed by atoms with Crippen LogP contribution < -0.4 is 5.32 Å². The van der Waals surface area contributed by atoms with Crippen molar-refractivity contribution in [3.63, 3.8) is 0 Å². The van der Waals surface area contributed by atoms with Gasteiger partial charge in [0.25, 0.3) is 0 Å². The van der Waals surface area contributed by atoms with Crippen molar-refractivity contribution >= 4 is 0 Å². The van der Waals surface area contributed by atoms with Gasteiger partial charge in [0.05, 0.1) is 0 Å². The maximum absolute atomic E-state index is 9.60. The fourth-order valence-electron chi connectivity index (χ4n) is 1.96. The summed E-state index contributed by atoms with van der Waals surface area (Å²) in [6, 6.07) is 7.99. The van der Waals surface area contributed by atoms with Crippen molar-refractivity contribution in [2.75, 3.05) is 6.54 Å². The summed E-state index contributed by atoms with van der Waals surface area (Å²) in [5.41, 5.74) is 1.03. The lowest BCUT2D eigenvalue weighted by Crippen LogP contribution is -2.29. The van der Waals surface area contributed by atoms with Gasteiger partial charge in [-0.3, -0.25) is 0 Å². The summed E-state index contributed by atoms with van der Waals surface area (Å²) in [5, 5.41) is 14.2. The number of nitrogens with zero attached hydrogens (tertiary/aromatic N) is 1. The topological polar surface area (TPSA) is 34.3 Å². The number of phenolic OH excluding ortho intramolecular Hbond substituents is 1. The monoisotopic (exact) mass is 190 g/mol. The minimum absolute atomic E-state index is 0.410. The fraction of sp³-hybridized carbons (Fsp3) is 0.500. The minimum Gasteiger partial charge on any atom is -0.508 e. The maximum atomic E-state index is 9.60. The third kappa shape index (κ3) is 2.26. The van der Waals surface area contributed by atoms with Crippen molar-refractivity contribution < 1.29 is 5.11 Å². The molecule has 1 unspecified atom stereocenters. The first kappa shape index (κ1) is 9.53. The van der Waals surface area contributed by atoms with Crippen LogP contribution in [-0.4, -0.2) is 17.7 Å². The zero-order chi connectivity index (χ0) is 9.80. The van der Waals surface area contributed by atoms with Crippen molar-refractivity contribution in [1.29, 1.82) is 0 Å². The average Bonchev–Trinajstić information content (AvgIpc) is 2.23. The molecule has 2 nitrogen and oxygen atoms in total. The van der Waals surface area contributed by atoms with E-state index in [0.29, 0.717) is 11.8 Å². The van der Waals surface area contributed by atoms with Crippen LogP contribution in [0.25, 0.3) is 0 Å². The van der Waals surface area contributed by atoms with E-state index in [9.17, 15) is 5.11 Å². The second-order valence-electron chi connectivity index (χ2n) is 3.89. The predicted molar refractivity (Wildman–Crippen MR) is 56.5 cm³/mol. The molecule has 0 aliphatic carbocycles. The summed E-state index contributed by atoms with van der Waals surface area (Å²) >= 11 is 0. The lowest BCUT2D eigenvalue weighted by Gasteiger charge is -2.21. The second-order valence-corrected chi connectivity index (χ2v) is 3.89. The molecule has 0 spiro atoms. The second kappa shape index (κ2) is 4.47. The van der Waals surface area contributed by atoms with E-state index in [0.717, 1.165) is 18.5 Å². The lowest BCUT2D eigenvalue weighted by atomic mass is 9.97. The zero-order valence-electron chi connectivity index (χ0n) is 8.32. The fourth-order valence-corrected chi connectivity index (χ4v) is 1.96. The van der Waals surface area contributed by atoms with Crippen LogP contribution in [0, 0.1) is 0 Å². The highest BCUT2D eigenvalue weighted by molar-refractivity contribution is 5.32. The highest BCUT2D eigenvalue weighted by Crippen LogP contribution is 2.20. The number of phenols is 1. The molecule has 1 N–H and O–H groups in total. The van der Waals surface area contributed by atoms with Crippen molar-refractivity contribution in [2.24, 2.45) is 0 Å². The van der Waals surface area contributed by atoms with E-state index < -0.39 is 0 Å². The molecule has 0 bridgehead atoms. The van der Waals surface area contributed by atoms with Gasteiger partial charge >= 0.3 is 0 Å². The number of piperidine rings is 1. The first-order valence-electron chi connectivity index (χ1n) is 5.30. The van der Waals surface area contributed by atoms with Crippen LogP contribution in [0.15, 0.2) is 24.3 Å². The van der Waals surface area contributed by atoms with Gasteiger partial charge in [-0.15, -0.1) is 0 Å². The van der Waals surface area contributed by atoms with E-state index >= 15 is 0 Å². The van der Waals surface area contributed by atoms with Gasteiger partial charge in [-0.05, 0) is 30.9 Å². The van der Waals surface area contributed by atoms with Gasteiger partial charge in [0, 0.05) is 12.6 Å². The Bertz CT molecular complexity index is 292. The molecule has 0 saturated carbocycles. The van der Waals surface area contributed by atoms with Gasteiger partial charge in [-0.25, -0.2) is 5.32 Å². The quantitative estimate of drug-likeness (QED) is 0.761. The van der Waals surface area contributed by atoms with Crippen LogP contribution in [0.4, 0.5) is 0 Å². The van der Waals surface area contributed by atoms with Gasteiger partial charge in [-0.1, -0.05) is 24.6 Å². The molecule has 0 aromatic heterocycles. The van der Waals surface area contributed by atoms with Crippen LogP contribution >= 0.6 is 0 Å². The van der Waals surface area contributed by atoms with Crippen LogP contribution in [0.2, 0.25) is 0 Å². The Morgan fingerprint density at radius 3 is 2.86 bits per heavy atom. The molecule has 1 fully saturated rings. The molecule has 2 heteroatoms. The van der Waals surface area contributed by atoms with Crippen molar-refractivity contribution in [3.05, 3.63) is 29.8 Å². The standard InChI is InChI=1S/C12H16NO/c14-12-7-2-1-5-10(12)9-11-6-3-4-8-13-11/h1-2,5,7,11,14H,3-4,6,8-9H2. The van der Waals surface area contributed by atoms with Crippen LogP contribution in [0.1, 0.15) is 24.8 Å². The maximum Gasteiger partial charge on any atom is 0.118 e. The molecule has 75 valence electrons. The van der Waals surface area contributed by atoms with Crippen LogP contribution in [0.5, 0.6) is 5.75 Å². The highest BCUT2D eigenvalue weighted by Gasteiger charge is 2.15. The smallest absolute Gasteiger partial charge is 0.118 e. The number of benzene rings is 1. The number of rotatable bonds is 2. The Morgan fingerprint density at radius 1 is 1.29 bits per heavy atom. The minimum atomic E-state index is 0.410. The Morgan fingerprint density at radius 2 is 2.14 bits per heavy atom. The first-order valence-corrected chi connectivity index (χ1v) is 5.30. The SMILES string of the molecule is Oc1ccccc1CC1CCCC[N]1. The molecule has 1 aromatic rings. The molecular formula is C12H16NO. The Labute approximate surface area is 85.0 Å². The molecule has 14 heavy (non-hydrogen) atoms. The summed E-state index contributed by atoms with van der Waals surface area (Å²) in [7, 11) is 0. The third-order valence-electron chi connectivity index (χ3n) is 2.78. The normalized spacial score (nSPS) is 22.1. The lowest BCUT2D eigenvalue weighted by molar-refractivity contribution is 0.384. The molecule has 2 rings (SSSR count). The van der Waals surface area contributed by atoms with E-state index in [4.69, 9.17) is 0 Å². The number of para-hydroxylation sites is 1. The van der Waals surface area contributed by atoms with E-state index in [1.54, 1.807) is 6.07 Å². The summed E-state index contributed by atoms with van der Waals surface area (Å²) in [4.78, 5) is 0. The molecule has 1 aliphatic heterocycles. The number of hydrogen-bond donors (Lipinski definition) is 1. The Hall–Kier alpha value is -1.02. The van der Waals surface area contributed by atoms with E-state index in [2.05, 4.69) is 5.32 Å². The summed E-state index contributed by atoms with van der Waals surface area (Å²) < 4.78 is 0. The highest BCUT2D eigenvalue weighted by atomic mass is 16.3. The molecule has 0 amide bonds. The zero-order valence-corrected chi connectivity index (χ0v) is 8.32. The van der Waals surface area contributed by atoms with Crippen molar-refractivity contribution in [1.82, 2.24) is 5.32 Å². The average molecular weight is 190 g/mol. The Kier molecular flexibility index (Phi) is 3.04. The molecule has 1 aliphatic rings. The van der Waals surface area contributed by atoms with Gasteiger partial charge in [0.1, 0.15) is 5.75 Å². The summed E-state index contributed by atoms with van der Waals surface area (Å²) in [5.74, 6) is 0.410. The van der Waals surface area contributed by atoms with E-state index in [-0.39, 0.29) is 0 Å². The molecular weight excluding hydrogens is 174 g/mol. The molecule has 1 radical (unpaired) electrons. The molecule has 1 saturated heterocycles. The van der Waals surface area contributed by atoms with Crippen LogP contribution in [0.3, 0.4) is 0 Å². The molecule has 1 atom stereocenters. The van der Waals surface area contributed by atoms with Crippen molar-refractivity contribution in [3.8, 4) is 5.75 Å². The predicted octanol–water partition coefficient (Wildman–Crippen LogP) is 2.09. The first-order chi connectivity index (χ1) is 6.86.